The predicted octanol–water partition coefficient (Wildman–Crippen LogP) is 8.02. The number of nitrogens with two attached hydrogens (primary N) is 2. The number of fused-ring (bicyclic) bond motifs is 1. The Morgan fingerprint density at radius 3 is 2.49 bits per heavy atom. The maximum absolute atomic E-state index is 13.5. The predicted molar refractivity (Wildman–Crippen MR) is 184 cm³/mol. The largest absolute Gasteiger partial charge is 0.490 e. The lowest BCUT2D eigenvalue weighted by atomic mass is 9.93. The van der Waals surface area contributed by atoms with Crippen molar-refractivity contribution in [3.63, 3.8) is 0 Å². The minimum atomic E-state index is -4.44. The van der Waals surface area contributed by atoms with Crippen LogP contribution in [-0.2, 0) is 0 Å². The SMILES string of the molecule is C=C(NCC(c1cc2c(c(/C(C)=C/C(=C\C)C(F)(F)F)n1)OCC2C)C1CC1)c1cc(C)c(N)c(C=NCCC)c1.CC.[B]N. The van der Waals surface area contributed by atoms with Crippen LogP contribution in [0.5, 0.6) is 5.75 Å². The first-order valence-electron chi connectivity index (χ1n) is 15.7. The normalized spacial score (nSPS) is 17.0. The summed E-state index contributed by atoms with van der Waals surface area (Å²) in [4.78, 5) is 9.41. The molecule has 4 rings (SSSR count). The number of aryl methyl sites for hydroxylation is 1. The summed E-state index contributed by atoms with van der Waals surface area (Å²) in [5.74, 6) is 1.26. The van der Waals surface area contributed by atoms with Crippen LogP contribution < -0.4 is 21.4 Å². The molecule has 2 aliphatic rings. The third-order valence-corrected chi connectivity index (χ3v) is 7.87. The van der Waals surface area contributed by atoms with E-state index in [4.69, 9.17) is 15.5 Å². The van der Waals surface area contributed by atoms with Crippen LogP contribution in [0.2, 0.25) is 0 Å². The number of aliphatic imine (C=N–C) groups is 1. The van der Waals surface area contributed by atoms with Gasteiger partial charge in [0.15, 0.2) is 7.98 Å². The average Bonchev–Trinajstić information content (AvgIpc) is 3.80. The molecule has 2 heterocycles. The van der Waals surface area contributed by atoms with Gasteiger partial charge >= 0.3 is 6.18 Å². The van der Waals surface area contributed by atoms with E-state index < -0.39 is 11.7 Å². The summed E-state index contributed by atoms with van der Waals surface area (Å²) in [5.41, 5.74) is 16.7. The first-order valence-corrected chi connectivity index (χ1v) is 15.7. The number of rotatable bonds is 11. The Balaban J connectivity index is 0.00000169. The van der Waals surface area contributed by atoms with Gasteiger partial charge in [-0.15, -0.1) is 0 Å². The molecule has 1 fully saturated rings. The number of allylic oxidation sites excluding steroid dienone is 4. The fourth-order valence-electron chi connectivity index (χ4n) is 5.22. The number of anilines is 1. The zero-order chi connectivity index (χ0) is 33.9. The number of hydrogen-bond donors (Lipinski definition) is 3. The van der Waals surface area contributed by atoms with Crippen molar-refractivity contribution in [1.29, 1.82) is 0 Å². The molecule has 1 aliphatic carbocycles. The lowest BCUT2D eigenvalue weighted by Gasteiger charge is -2.22. The molecule has 0 bridgehead atoms. The molecule has 1 saturated carbocycles. The molecule has 2 radical (unpaired) electrons. The van der Waals surface area contributed by atoms with Crippen LogP contribution in [0.4, 0.5) is 18.9 Å². The van der Waals surface area contributed by atoms with Gasteiger partial charge in [0.25, 0.3) is 0 Å². The topological polar surface area (TPSA) is 98.5 Å². The molecule has 5 N–H and O–H groups in total. The summed E-state index contributed by atoms with van der Waals surface area (Å²) in [6, 6.07) is 6.11. The van der Waals surface area contributed by atoms with Crippen LogP contribution >= 0.6 is 0 Å². The lowest BCUT2D eigenvalue weighted by Crippen LogP contribution is -2.23. The molecular weight excluding hydrogens is 574 g/mol. The van der Waals surface area contributed by atoms with Crippen LogP contribution in [-0.4, -0.2) is 45.1 Å². The van der Waals surface area contributed by atoms with Crippen molar-refractivity contribution in [3.05, 3.63) is 76.1 Å². The number of benzene rings is 1. The van der Waals surface area contributed by atoms with Gasteiger partial charge in [0.05, 0.1) is 12.2 Å². The Labute approximate surface area is 268 Å². The van der Waals surface area contributed by atoms with Gasteiger partial charge in [0, 0.05) is 59.3 Å². The molecule has 6 nitrogen and oxygen atoms in total. The smallest absolute Gasteiger partial charge is 0.416 e. The Hall–Kier alpha value is -3.53. The monoisotopic (exact) mass is 623 g/mol. The molecule has 2 unspecified atom stereocenters. The molecule has 45 heavy (non-hydrogen) atoms. The maximum atomic E-state index is 13.5. The van der Waals surface area contributed by atoms with Gasteiger partial charge in [-0.25, -0.2) is 4.98 Å². The van der Waals surface area contributed by atoms with Gasteiger partial charge in [0.1, 0.15) is 11.4 Å². The third kappa shape index (κ3) is 9.73. The fourth-order valence-corrected chi connectivity index (χ4v) is 5.22. The number of nitrogens with one attached hydrogen (secondary N) is 1. The second kappa shape index (κ2) is 17.2. The molecular formula is C35H49BF3N5O. The van der Waals surface area contributed by atoms with E-state index in [0.29, 0.717) is 41.8 Å². The van der Waals surface area contributed by atoms with E-state index in [1.54, 1.807) is 6.92 Å². The molecule has 1 aromatic heterocycles. The first-order chi connectivity index (χ1) is 21.4. The Morgan fingerprint density at radius 1 is 1.24 bits per heavy atom. The number of pyridine rings is 1. The number of hydrogen-bond acceptors (Lipinski definition) is 6. The van der Waals surface area contributed by atoms with Crippen molar-refractivity contribution >= 4 is 31.2 Å². The fraction of sp³-hybridized carbons (Fsp3) is 0.486. The molecule has 244 valence electrons. The summed E-state index contributed by atoms with van der Waals surface area (Å²) in [5, 5.41) is 3.53. The van der Waals surface area contributed by atoms with E-state index in [1.165, 1.54) is 6.92 Å². The van der Waals surface area contributed by atoms with Gasteiger partial charge in [0.2, 0.25) is 0 Å². The van der Waals surface area contributed by atoms with Gasteiger partial charge in [-0.1, -0.05) is 40.3 Å². The number of nitrogen functional groups attached to an aromatic ring is 1. The lowest BCUT2D eigenvalue weighted by molar-refractivity contribution is -0.0882. The van der Waals surface area contributed by atoms with Crippen molar-refractivity contribution in [2.45, 2.75) is 85.7 Å². The highest BCUT2D eigenvalue weighted by molar-refractivity contribution is 6.02. The van der Waals surface area contributed by atoms with Gasteiger partial charge in [-0.05, 0) is 86.9 Å². The standard InChI is InChI=1S/C33H41F3N4O.C2H6.BH2N/c1-7-11-38-16-25-14-24(12-19(3)30(25)37)22(6)39-17-28(23-9-10-23)29-15-27-21(5)18-41-32(27)31(40-29)20(4)13-26(8-2)33(34,35)36;2*1-2/h8,12-16,21,23,28,39H,6-7,9-11,17-18,37H2,1-5H3;1-2H3;2H2/b20-13+,26-8+,38-16?;;. The summed E-state index contributed by atoms with van der Waals surface area (Å²) in [6.07, 6.45) is 2.77. The molecule has 2 aromatic rings. The van der Waals surface area contributed by atoms with E-state index in [2.05, 4.69) is 50.4 Å². The second-order valence-corrected chi connectivity index (χ2v) is 11.2. The summed E-state index contributed by atoms with van der Waals surface area (Å²) in [6.45, 7) is 19.3. The molecule has 10 heteroatoms. The van der Waals surface area contributed by atoms with Crippen molar-refractivity contribution in [1.82, 2.24) is 10.3 Å². The molecule has 1 aliphatic heterocycles. The quantitative estimate of drug-likeness (QED) is 0.102. The van der Waals surface area contributed by atoms with Crippen LogP contribution in [0.15, 0.2) is 47.5 Å². The molecule has 0 saturated heterocycles. The number of ether oxygens (including phenoxy) is 1. The Bertz CT molecular complexity index is 1400. The van der Waals surface area contributed by atoms with Crippen LogP contribution in [0.1, 0.15) is 106 Å². The highest BCUT2D eigenvalue weighted by Crippen LogP contribution is 2.46. The van der Waals surface area contributed by atoms with E-state index in [1.807, 2.05) is 39.1 Å². The molecule has 0 amide bonds. The average molecular weight is 624 g/mol. The van der Waals surface area contributed by atoms with Crippen molar-refractivity contribution < 1.29 is 17.9 Å². The third-order valence-electron chi connectivity index (χ3n) is 7.87. The van der Waals surface area contributed by atoms with E-state index in [0.717, 1.165) is 71.6 Å². The zero-order valence-corrected chi connectivity index (χ0v) is 27.8. The number of nitrogens with zero attached hydrogens (tertiary/aromatic N) is 2. The second-order valence-electron chi connectivity index (χ2n) is 11.2. The minimum Gasteiger partial charge on any atom is -0.490 e. The van der Waals surface area contributed by atoms with Gasteiger partial charge in [-0.3, -0.25) is 4.99 Å². The summed E-state index contributed by atoms with van der Waals surface area (Å²) < 4.78 is 46.5. The summed E-state index contributed by atoms with van der Waals surface area (Å²) in [7, 11) is 4.00. The molecule has 1 aromatic carbocycles. The molecule has 2 atom stereocenters. The number of aromatic nitrogens is 1. The van der Waals surface area contributed by atoms with Gasteiger partial charge in [-0.2, -0.15) is 13.2 Å². The van der Waals surface area contributed by atoms with E-state index in [9.17, 15) is 13.2 Å². The van der Waals surface area contributed by atoms with E-state index in [-0.39, 0.29) is 11.8 Å². The van der Waals surface area contributed by atoms with E-state index >= 15 is 0 Å². The van der Waals surface area contributed by atoms with Crippen molar-refractivity contribution in [3.8, 4) is 5.75 Å². The highest BCUT2D eigenvalue weighted by atomic mass is 19.4. The van der Waals surface area contributed by atoms with Crippen molar-refractivity contribution in [2.24, 2.45) is 16.6 Å². The zero-order valence-electron chi connectivity index (χ0n) is 27.8. The molecule has 0 spiro atoms. The van der Waals surface area contributed by atoms with Crippen LogP contribution in [0, 0.1) is 12.8 Å². The maximum Gasteiger partial charge on any atom is 0.416 e. The number of halogens is 3. The van der Waals surface area contributed by atoms with Crippen molar-refractivity contribution in [2.75, 3.05) is 25.4 Å². The summed E-state index contributed by atoms with van der Waals surface area (Å²) >= 11 is 0. The van der Waals surface area contributed by atoms with Crippen LogP contribution in [0.25, 0.3) is 11.3 Å². The first kappa shape index (κ1) is 37.7. The minimum absolute atomic E-state index is 0.0840. The Kier molecular flexibility index (Phi) is 14.4. The number of alkyl halides is 3. The van der Waals surface area contributed by atoms with Gasteiger partial charge < -0.3 is 21.4 Å². The van der Waals surface area contributed by atoms with Crippen LogP contribution in [0.3, 0.4) is 0 Å². The Morgan fingerprint density at radius 2 is 1.91 bits per heavy atom. The highest BCUT2D eigenvalue weighted by Gasteiger charge is 2.36.